The van der Waals surface area contributed by atoms with Gasteiger partial charge in [-0.25, -0.2) is 0 Å². The Hall–Kier alpha value is -3.22. The van der Waals surface area contributed by atoms with E-state index in [1.165, 1.54) is 11.2 Å². The van der Waals surface area contributed by atoms with E-state index in [1.807, 2.05) is 0 Å². The molecule has 0 fully saturated rings. The largest absolute Gasteiger partial charge is 0.503 e. The Morgan fingerprint density at radius 2 is 2.08 bits per heavy atom. The fourth-order valence-corrected chi connectivity index (χ4v) is 3.10. The summed E-state index contributed by atoms with van der Waals surface area (Å²) in [5.74, 6) is -0.0458. The van der Waals surface area contributed by atoms with Crippen LogP contribution in [0.5, 0.6) is 11.5 Å². The van der Waals surface area contributed by atoms with Gasteiger partial charge in [0.25, 0.3) is 5.91 Å². The third-order valence-electron chi connectivity index (χ3n) is 4.28. The second-order valence-electron chi connectivity index (χ2n) is 5.67. The van der Waals surface area contributed by atoms with Crippen LogP contribution in [0.2, 0.25) is 0 Å². The van der Waals surface area contributed by atoms with Crippen molar-refractivity contribution >= 4 is 17.4 Å². The van der Waals surface area contributed by atoms with Crippen LogP contribution in [0.25, 0.3) is 0 Å². The molecule has 1 aromatic carbocycles. The van der Waals surface area contributed by atoms with Crippen LogP contribution in [0.3, 0.4) is 0 Å². The molecule has 1 aromatic heterocycles. The number of fused-ring (bicyclic) bond motifs is 1. The summed E-state index contributed by atoms with van der Waals surface area (Å²) >= 11 is 0. The molecule has 2 aliphatic heterocycles. The molecule has 0 spiro atoms. The number of carbonyl (C=O) groups excluding carboxylic acids is 2. The number of Topliss-reactive ketones (excluding diaryl/α,β-unsaturated/α-hetero) is 1. The van der Waals surface area contributed by atoms with Gasteiger partial charge in [0, 0.05) is 18.2 Å². The van der Waals surface area contributed by atoms with Crippen LogP contribution < -0.4 is 14.4 Å². The zero-order valence-corrected chi connectivity index (χ0v) is 13.4. The van der Waals surface area contributed by atoms with Crippen LogP contribution in [0.4, 0.5) is 5.69 Å². The normalized spacial score (nSPS) is 19.0. The number of rotatable bonds is 4. The van der Waals surface area contributed by atoms with E-state index in [0.29, 0.717) is 22.9 Å². The Morgan fingerprint density at radius 1 is 1.28 bits per heavy atom. The first-order valence-corrected chi connectivity index (χ1v) is 7.84. The number of nitrogens with zero attached hydrogens (tertiary/aromatic N) is 1. The molecule has 1 amide bonds. The van der Waals surface area contributed by atoms with E-state index in [9.17, 15) is 14.7 Å². The van der Waals surface area contributed by atoms with Crippen LogP contribution in [-0.2, 0) is 9.59 Å². The fourth-order valence-electron chi connectivity index (χ4n) is 3.10. The number of amides is 1. The van der Waals surface area contributed by atoms with Crippen LogP contribution in [0, 0.1) is 0 Å². The number of ketones is 1. The minimum Gasteiger partial charge on any atom is -0.503 e. The van der Waals surface area contributed by atoms with Crippen molar-refractivity contribution < 1.29 is 28.6 Å². The Labute approximate surface area is 143 Å². The maximum absolute atomic E-state index is 12.7. The molecule has 3 heterocycles. The van der Waals surface area contributed by atoms with Gasteiger partial charge in [0.05, 0.1) is 11.8 Å². The SMILES string of the molecule is CCC(=O)C1=C(O)C(=O)N(c2ccc3c(c2)OCO3)C1c1ccco1. The summed E-state index contributed by atoms with van der Waals surface area (Å²) in [5.41, 5.74) is 0.515. The molecule has 4 rings (SSSR count). The van der Waals surface area contributed by atoms with Gasteiger partial charge in [-0.2, -0.15) is 0 Å². The van der Waals surface area contributed by atoms with E-state index in [-0.39, 0.29) is 24.6 Å². The molecule has 128 valence electrons. The lowest BCUT2D eigenvalue weighted by molar-refractivity contribution is -0.118. The van der Waals surface area contributed by atoms with Gasteiger partial charge in [0.15, 0.2) is 23.0 Å². The molecule has 0 saturated heterocycles. The number of furan rings is 1. The average molecular weight is 341 g/mol. The van der Waals surface area contributed by atoms with Crippen molar-refractivity contribution in [3.63, 3.8) is 0 Å². The lowest BCUT2D eigenvalue weighted by Crippen LogP contribution is -2.30. The molecule has 0 bridgehead atoms. The molecule has 2 aliphatic rings. The Bertz CT molecular complexity index is 883. The van der Waals surface area contributed by atoms with Crippen molar-refractivity contribution in [3.05, 3.63) is 53.7 Å². The van der Waals surface area contributed by atoms with Crippen molar-refractivity contribution in [2.75, 3.05) is 11.7 Å². The Balaban J connectivity index is 1.84. The average Bonchev–Trinajstić information content (AvgIpc) is 3.34. The third-order valence-corrected chi connectivity index (χ3v) is 4.28. The summed E-state index contributed by atoms with van der Waals surface area (Å²) in [5, 5.41) is 10.3. The lowest BCUT2D eigenvalue weighted by atomic mass is 9.99. The molecule has 7 nitrogen and oxygen atoms in total. The summed E-state index contributed by atoms with van der Waals surface area (Å²) in [6.07, 6.45) is 1.62. The number of ether oxygens (including phenoxy) is 2. The van der Waals surface area contributed by atoms with E-state index in [1.54, 1.807) is 37.3 Å². The summed E-state index contributed by atoms with van der Waals surface area (Å²) in [6, 6.07) is 7.51. The first-order chi connectivity index (χ1) is 12.1. The van der Waals surface area contributed by atoms with Crippen molar-refractivity contribution in [1.29, 1.82) is 0 Å². The zero-order valence-electron chi connectivity index (χ0n) is 13.4. The highest BCUT2D eigenvalue weighted by Crippen LogP contribution is 2.44. The number of anilines is 1. The van der Waals surface area contributed by atoms with Gasteiger partial charge >= 0.3 is 0 Å². The van der Waals surface area contributed by atoms with Crippen molar-refractivity contribution in [2.45, 2.75) is 19.4 Å². The molecule has 7 heteroatoms. The van der Waals surface area contributed by atoms with Gasteiger partial charge < -0.3 is 19.0 Å². The minimum atomic E-state index is -0.824. The van der Waals surface area contributed by atoms with Gasteiger partial charge in [0.1, 0.15) is 11.8 Å². The van der Waals surface area contributed by atoms with Crippen molar-refractivity contribution in [1.82, 2.24) is 0 Å². The second-order valence-corrected chi connectivity index (χ2v) is 5.67. The van der Waals surface area contributed by atoms with E-state index in [2.05, 4.69) is 0 Å². The number of carbonyl (C=O) groups is 2. The molecular weight excluding hydrogens is 326 g/mol. The lowest BCUT2D eigenvalue weighted by Gasteiger charge is -2.25. The minimum absolute atomic E-state index is 0.0418. The molecule has 1 unspecified atom stereocenters. The molecule has 2 aromatic rings. The highest BCUT2D eigenvalue weighted by atomic mass is 16.7. The quantitative estimate of drug-likeness (QED) is 0.920. The van der Waals surface area contributed by atoms with E-state index in [0.717, 1.165) is 0 Å². The number of hydrogen-bond donors (Lipinski definition) is 1. The van der Waals surface area contributed by atoms with Crippen LogP contribution in [-0.4, -0.2) is 23.6 Å². The summed E-state index contributed by atoms with van der Waals surface area (Å²) in [4.78, 5) is 26.4. The zero-order chi connectivity index (χ0) is 17.6. The highest BCUT2D eigenvalue weighted by molar-refractivity contribution is 6.16. The second kappa shape index (κ2) is 5.70. The maximum Gasteiger partial charge on any atom is 0.294 e. The fraction of sp³-hybridized carbons (Fsp3) is 0.222. The van der Waals surface area contributed by atoms with Crippen molar-refractivity contribution in [3.8, 4) is 11.5 Å². The molecule has 0 radical (unpaired) electrons. The van der Waals surface area contributed by atoms with E-state index >= 15 is 0 Å². The smallest absolute Gasteiger partial charge is 0.294 e. The number of aliphatic hydroxyl groups is 1. The van der Waals surface area contributed by atoms with Crippen LogP contribution >= 0.6 is 0 Å². The molecule has 0 saturated carbocycles. The monoisotopic (exact) mass is 341 g/mol. The van der Waals surface area contributed by atoms with Crippen LogP contribution in [0.1, 0.15) is 25.1 Å². The third kappa shape index (κ3) is 2.27. The Morgan fingerprint density at radius 3 is 2.80 bits per heavy atom. The standard InChI is InChI=1S/C18H15NO6/c1-2-11(20)15-16(13-4-3-7-23-13)19(18(22)17(15)21)10-5-6-12-14(8-10)25-9-24-12/h3-8,16,21H,2,9H2,1H3. The molecule has 0 aliphatic carbocycles. The van der Waals surface area contributed by atoms with Gasteiger partial charge in [0.2, 0.25) is 6.79 Å². The number of aliphatic hydroxyl groups excluding tert-OH is 1. The molecular formula is C18H15NO6. The van der Waals surface area contributed by atoms with E-state index in [4.69, 9.17) is 13.9 Å². The highest BCUT2D eigenvalue weighted by Gasteiger charge is 2.45. The number of benzene rings is 1. The van der Waals surface area contributed by atoms with Gasteiger partial charge in [-0.15, -0.1) is 0 Å². The molecule has 1 N–H and O–H groups in total. The predicted octanol–water partition coefficient (Wildman–Crippen LogP) is 2.89. The van der Waals surface area contributed by atoms with Gasteiger partial charge in [-0.05, 0) is 24.3 Å². The number of hydrogen-bond acceptors (Lipinski definition) is 6. The summed E-state index contributed by atoms with van der Waals surface area (Å²) < 4.78 is 16.1. The first kappa shape index (κ1) is 15.3. The summed E-state index contributed by atoms with van der Waals surface area (Å²) in [7, 11) is 0. The first-order valence-electron chi connectivity index (χ1n) is 7.84. The predicted molar refractivity (Wildman–Crippen MR) is 86.5 cm³/mol. The van der Waals surface area contributed by atoms with Crippen LogP contribution in [0.15, 0.2) is 52.3 Å². The Kier molecular flexibility index (Phi) is 3.49. The van der Waals surface area contributed by atoms with Gasteiger partial charge in [-0.1, -0.05) is 6.92 Å². The van der Waals surface area contributed by atoms with Gasteiger partial charge in [-0.3, -0.25) is 14.5 Å². The topological polar surface area (TPSA) is 89.2 Å². The molecule has 25 heavy (non-hydrogen) atoms. The maximum atomic E-state index is 12.7. The van der Waals surface area contributed by atoms with E-state index < -0.39 is 17.7 Å². The summed E-state index contributed by atoms with van der Waals surface area (Å²) in [6.45, 7) is 1.78. The van der Waals surface area contributed by atoms with Crippen molar-refractivity contribution in [2.24, 2.45) is 0 Å². The molecule has 1 atom stereocenters.